The predicted octanol–water partition coefficient (Wildman–Crippen LogP) is 2.68. The van der Waals surface area contributed by atoms with Gasteiger partial charge in [-0.2, -0.15) is 0 Å². The number of furan rings is 1. The minimum atomic E-state index is -1.43. The van der Waals surface area contributed by atoms with Crippen molar-refractivity contribution in [2.75, 3.05) is 0 Å². The fraction of sp³-hybridized carbons (Fsp3) is 0.118. The number of nitro groups is 1. The standard InChI is InChI=1S/C17H13N3O6S/c1-2-15-18-19-17(26-15)27-14(16(21)22)9-12-6-7-13(25-12)10-4-3-5-11(8-10)20(23)24/h3-9H,2H2,1H3,(H,21,22)/p-1/b14-9+. The molecule has 10 heteroatoms. The molecule has 2 heterocycles. The number of nitrogens with zero attached hydrogens (tertiary/aromatic N) is 3. The van der Waals surface area contributed by atoms with Crippen molar-refractivity contribution in [1.29, 1.82) is 0 Å². The average molecular weight is 386 g/mol. The zero-order chi connectivity index (χ0) is 19.4. The lowest BCUT2D eigenvalue weighted by Gasteiger charge is -2.04. The summed E-state index contributed by atoms with van der Waals surface area (Å²) in [4.78, 5) is 21.6. The number of thioether (sulfide) groups is 1. The molecule has 9 nitrogen and oxygen atoms in total. The number of carbonyl (C=O) groups is 1. The Labute approximate surface area is 156 Å². The summed E-state index contributed by atoms with van der Waals surface area (Å²) in [7, 11) is 0. The van der Waals surface area contributed by atoms with E-state index >= 15 is 0 Å². The Balaban J connectivity index is 1.85. The van der Waals surface area contributed by atoms with Gasteiger partial charge >= 0.3 is 0 Å². The zero-order valence-corrected chi connectivity index (χ0v) is 14.8. The van der Waals surface area contributed by atoms with Gasteiger partial charge in [-0.3, -0.25) is 10.1 Å². The first kappa shape index (κ1) is 18.4. The van der Waals surface area contributed by atoms with Gasteiger partial charge in [0.1, 0.15) is 11.5 Å². The summed E-state index contributed by atoms with van der Waals surface area (Å²) in [5.41, 5.74) is 0.422. The minimum absolute atomic E-state index is 0.0740. The van der Waals surface area contributed by atoms with Crippen LogP contribution >= 0.6 is 11.8 Å². The Morgan fingerprint density at radius 3 is 2.74 bits per heavy atom. The zero-order valence-electron chi connectivity index (χ0n) is 13.9. The second-order valence-corrected chi connectivity index (χ2v) is 6.22. The van der Waals surface area contributed by atoms with E-state index in [-0.39, 0.29) is 21.6 Å². The van der Waals surface area contributed by atoms with E-state index in [0.29, 0.717) is 23.6 Å². The van der Waals surface area contributed by atoms with Crippen molar-refractivity contribution < 1.29 is 23.7 Å². The second-order valence-electron chi connectivity index (χ2n) is 5.22. The van der Waals surface area contributed by atoms with Gasteiger partial charge in [-0.1, -0.05) is 19.1 Å². The van der Waals surface area contributed by atoms with Crippen LogP contribution in [0.2, 0.25) is 0 Å². The van der Waals surface area contributed by atoms with Crippen molar-refractivity contribution in [3.8, 4) is 11.3 Å². The van der Waals surface area contributed by atoms with Crippen molar-refractivity contribution in [2.24, 2.45) is 0 Å². The maximum Gasteiger partial charge on any atom is 0.281 e. The second kappa shape index (κ2) is 7.87. The third kappa shape index (κ3) is 4.42. The van der Waals surface area contributed by atoms with Gasteiger partial charge in [0.25, 0.3) is 10.9 Å². The van der Waals surface area contributed by atoms with E-state index in [2.05, 4.69) is 10.2 Å². The molecule has 138 valence electrons. The summed E-state index contributed by atoms with van der Waals surface area (Å²) < 4.78 is 10.9. The fourth-order valence-electron chi connectivity index (χ4n) is 2.13. The number of aryl methyl sites for hydroxylation is 1. The molecule has 0 aliphatic heterocycles. The molecule has 0 amide bonds. The number of benzene rings is 1. The molecule has 0 saturated carbocycles. The molecule has 0 unspecified atom stereocenters. The predicted molar refractivity (Wildman–Crippen MR) is 93.3 cm³/mol. The number of aliphatic carboxylic acids is 1. The molecule has 3 aromatic rings. The molecule has 2 aromatic heterocycles. The van der Waals surface area contributed by atoms with Gasteiger partial charge < -0.3 is 18.7 Å². The van der Waals surface area contributed by atoms with Crippen molar-refractivity contribution >= 4 is 29.5 Å². The van der Waals surface area contributed by atoms with E-state index in [1.54, 1.807) is 18.2 Å². The fourth-order valence-corrected chi connectivity index (χ4v) is 2.80. The van der Waals surface area contributed by atoms with Gasteiger partial charge in [0.2, 0.25) is 5.89 Å². The van der Waals surface area contributed by atoms with Crippen LogP contribution in [0.25, 0.3) is 17.4 Å². The maximum atomic E-state index is 11.4. The summed E-state index contributed by atoms with van der Waals surface area (Å²) in [5, 5.41) is 29.8. The molecule has 0 fully saturated rings. The van der Waals surface area contributed by atoms with E-state index in [1.165, 1.54) is 24.3 Å². The Bertz CT molecular complexity index is 1020. The summed E-state index contributed by atoms with van der Waals surface area (Å²) in [6.07, 6.45) is 1.79. The summed E-state index contributed by atoms with van der Waals surface area (Å²) in [6, 6.07) is 9.05. The van der Waals surface area contributed by atoms with E-state index in [4.69, 9.17) is 8.83 Å². The molecule has 0 radical (unpaired) electrons. The molecule has 0 N–H and O–H groups in total. The van der Waals surface area contributed by atoms with Gasteiger partial charge in [0.15, 0.2) is 0 Å². The highest BCUT2D eigenvalue weighted by Gasteiger charge is 2.13. The van der Waals surface area contributed by atoms with E-state index in [0.717, 1.165) is 11.8 Å². The number of carbonyl (C=O) groups excluding carboxylic acids is 1. The van der Waals surface area contributed by atoms with Crippen molar-refractivity contribution in [1.82, 2.24) is 10.2 Å². The maximum absolute atomic E-state index is 11.4. The van der Waals surface area contributed by atoms with Crippen LogP contribution in [-0.4, -0.2) is 21.1 Å². The van der Waals surface area contributed by atoms with Crippen LogP contribution in [0.3, 0.4) is 0 Å². The van der Waals surface area contributed by atoms with Crippen LogP contribution in [0.4, 0.5) is 5.69 Å². The molecule has 27 heavy (non-hydrogen) atoms. The van der Waals surface area contributed by atoms with Crippen LogP contribution in [0, 0.1) is 10.1 Å². The third-order valence-electron chi connectivity index (χ3n) is 3.39. The molecule has 0 bridgehead atoms. The number of aromatic nitrogens is 2. The monoisotopic (exact) mass is 386 g/mol. The van der Waals surface area contributed by atoms with Gasteiger partial charge in [-0.15, -0.1) is 10.2 Å². The summed E-state index contributed by atoms with van der Waals surface area (Å²) in [5.74, 6) is -0.442. The first-order valence-electron chi connectivity index (χ1n) is 7.74. The van der Waals surface area contributed by atoms with Gasteiger partial charge in [0, 0.05) is 29.0 Å². The molecular weight excluding hydrogens is 374 g/mol. The number of carboxylic acid groups (broad SMARTS) is 1. The molecule has 1 aromatic carbocycles. The molecule has 0 saturated heterocycles. The topological polar surface area (TPSA) is 135 Å². The molecule has 0 aliphatic carbocycles. The Hall–Kier alpha value is -3.40. The minimum Gasteiger partial charge on any atom is -0.544 e. The first-order chi connectivity index (χ1) is 13.0. The van der Waals surface area contributed by atoms with Crippen LogP contribution in [0.1, 0.15) is 18.6 Å². The largest absolute Gasteiger partial charge is 0.544 e. The average Bonchev–Trinajstić information content (AvgIpc) is 3.30. The molecule has 0 aliphatic rings. The van der Waals surface area contributed by atoms with E-state index < -0.39 is 10.9 Å². The normalized spacial score (nSPS) is 11.5. The van der Waals surface area contributed by atoms with E-state index in [1.807, 2.05) is 6.92 Å². The number of hydrogen-bond donors (Lipinski definition) is 0. The van der Waals surface area contributed by atoms with Gasteiger partial charge in [0.05, 0.1) is 10.9 Å². The number of carboxylic acids is 1. The molecule has 3 rings (SSSR count). The number of nitro benzene ring substituents is 1. The molecular formula is C17H12N3O6S-. The Morgan fingerprint density at radius 1 is 1.26 bits per heavy atom. The Morgan fingerprint density at radius 2 is 2.07 bits per heavy atom. The SMILES string of the molecule is CCc1nnc(S/C(=C/c2ccc(-c3cccc([N+](=O)[O-])c3)o2)C(=O)[O-])o1. The Kier molecular flexibility index (Phi) is 5.36. The first-order valence-corrected chi connectivity index (χ1v) is 8.56. The lowest BCUT2D eigenvalue weighted by Crippen LogP contribution is -2.22. The van der Waals surface area contributed by atoms with Crippen molar-refractivity contribution in [3.63, 3.8) is 0 Å². The summed E-state index contributed by atoms with van der Waals surface area (Å²) in [6.45, 7) is 1.83. The summed E-state index contributed by atoms with van der Waals surface area (Å²) >= 11 is 0.749. The molecule has 0 atom stereocenters. The van der Waals surface area contributed by atoms with Crippen LogP contribution < -0.4 is 5.11 Å². The van der Waals surface area contributed by atoms with Crippen molar-refractivity contribution in [2.45, 2.75) is 18.6 Å². The highest BCUT2D eigenvalue weighted by atomic mass is 32.2. The van der Waals surface area contributed by atoms with Crippen LogP contribution in [0.5, 0.6) is 0 Å². The lowest BCUT2D eigenvalue weighted by atomic mass is 10.1. The van der Waals surface area contributed by atoms with Crippen molar-refractivity contribution in [3.05, 3.63) is 63.1 Å². The van der Waals surface area contributed by atoms with Crippen LogP contribution in [0.15, 0.2) is 55.4 Å². The highest BCUT2D eigenvalue weighted by Crippen LogP contribution is 2.30. The number of rotatable bonds is 7. The third-order valence-corrected chi connectivity index (χ3v) is 4.23. The number of hydrogen-bond acceptors (Lipinski definition) is 9. The van der Waals surface area contributed by atoms with Gasteiger partial charge in [-0.05, 0) is 30.0 Å². The smallest absolute Gasteiger partial charge is 0.281 e. The highest BCUT2D eigenvalue weighted by molar-refractivity contribution is 8.03. The lowest BCUT2D eigenvalue weighted by molar-refractivity contribution is -0.384. The van der Waals surface area contributed by atoms with Crippen LogP contribution in [-0.2, 0) is 11.2 Å². The quantitative estimate of drug-likeness (QED) is 0.260. The van der Waals surface area contributed by atoms with E-state index in [9.17, 15) is 20.0 Å². The number of non-ortho nitro benzene ring substituents is 1. The molecule has 0 spiro atoms. The van der Waals surface area contributed by atoms with Gasteiger partial charge in [-0.25, -0.2) is 0 Å².